The molecule has 3 aromatic rings. The van der Waals surface area contributed by atoms with Crippen molar-refractivity contribution < 1.29 is 9.72 Å². The number of anilines is 1. The number of hydrogen-bond donors (Lipinski definition) is 2. The van der Waals surface area contributed by atoms with E-state index in [0.29, 0.717) is 28.7 Å². The Bertz CT molecular complexity index is 1400. The molecule has 3 heterocycles. The van der Waals surface area contributed by atoms with Crippen LogP contribution in [0.15, 0.2) is 70.5 Å². The van der Waals surface area contributed by atoms with Crippen LogP contribution in [0.25, 0.3) is 0 Å². The number of benzene rings is 1. The van der Waals surface area contributed by atoms with Crippen LogP contribution in [0, 0.1) is 21.4 Å². The van der Waals surface area contributed by atoms with Gasteiger partial charge in [0.2, 0.25) is 0 Å². The lowest BCUT2D eigenvalue weighted by atomic mass is 9.67. The third-order valence-electron chi connectivity index (χ3n) is 6.29. The number of ketones is 1. The van der Waals surface area contributed by atoms with Crippen molar-refractivity contribution >= 4 is 29.1 Å². The van der Waals surface area contributed by atoms with E-state index in [-0.39, 0.29) is 22.4 Å². The van der Waals surface area contributed by atoms with Gasteiger partial charge in [0.15, 0.2) is 5.16 Å². The van der Waals surface area contributed by atoms with Gasteiger partial charge in [0.05, 0.1) is 16.4 Å². The van der Waals surface area contributed by atoms with Crippen LogP contribution in [0.2, 0.25) is 0 Å². The summed E-state index contributed by atoms with van der Waals surface area (Å²) in [5.74, 6) is 0.0522. The number of non-ortho nitro benzene ring substituents is 1. The minimum atomic E-state index is -0.487. The highest BCUT2D eigenvalue weighted by Crippen LogP contribution is 2.47. The number of nitro benzene ring substituents is 1. The Morgan fingerprint density at radius 1 is 1.11 bits per heavy atom. The number of carbonyl (C=O) groups excluding carboxylic acids is 1. The number of nitrogens with one attached hydrogen (secondary N) is 2. The predicted octanol–water partition coefficient (Wildman–Crippen LogP) is 4.42. The number of Topliss-reactive ketones (excluding diaryl/α,β-unsaturated/α-hetero) is 1. The summed E-state index contributed by atoms with van der Waals surface area (Å²) in [4.78, 5) is 48.7. The molecule has 1 aliphatic carbocycles. The van der Waals surface area contributed by atoms with Crippen molar-refractivity contribution in [1.29, 1.82) is 0 Å². The number of aromatic nitrogens is 3. The van der Waals surface area contributed by atoms with E-state index in [1.807, 2.05) is 26.0 Å². The molecule has 2 unspecified atom stereocenters. The summed E-state index contributed by atoms with van der Waals surface area (Å²) in [6.45, 7) is 4.03. The third-order valence-corrected chi connectivity index (χ3v) is 7.23. The molecule has 0 fully saturated rings. The van der Waals surface area contributed by atoms with E-state index in [9.17, 15) is 19.7 Å². The Morgan fingerprint density at radius 3 is 2.51 bits per heavy atom. The number of nitrogens with zero attached hydrogens (tertiary/aromatic N) is 3. The lowest BCUT2D eigenvalue weighted by Gasteiger charge is -2.40. The summed E-state index contributed by atoms with van der Waals surface area (Å²) in [5.41, 5.74) is 2.34. The zero-order valence-corrected chi connectivity index (χ0v) is 20.0. The first-order chi connectivity index (χ1) is 16.7. The lowest BCUT2D eigenvalue weighted by Crippen LogP contribution is -2.41. The van der Waals surface area contributed by atoms with Crippen LogP contribution in [-0.4, -0.2) is 25.7 Å². The van der Waals surface area contributed by atoms with Gasteiger partial charge in [-0.3, -0.25) is 24.7 Å². The number of nitro groups is 1. The van der Waals surface area contributed by atoms with Gasteiger partial charge >= 0.3 is 0 Å². The second-order valence-electron chi connectivity index (χ2n) is 9.44. The van der Waals surface area contributed by atoms with E-state index < -0.39 is 16.8 Å². The monoisotopic (exact) mass is 489 g/mol. The largest absolute Gasteiger partial charge is 0.343 e. The number of H-pyrrole nitrogens is 1. The van der Waals surface area contributed by atoms with E-state index in [4.69, 9.17) is 4.98 Å². The number of fused-ring (bicyclic) bond motifs is 2. The maximum Gasteiger partial charge on any atom is 0.269 e. The van der Waals surface area contributed by atoms with Crippen molar-refractivity contribution in [3.63, 3.8) is 0 Å². The molecule has 5 rings (SSSR count). The van der Waals surface area contributed by atoms with E-state index in [0.717, 1.165) is 16.8 Å². The van der Waals surface area contributed by atoms with Crippen LogP contribution in [0.4, 0.5) is 11.5 Å². The van der Waals surface area contributed by atoms with Gasteiger partial charge in [-0.2, -0.15) is 0 Å². The van der Waals surface area contributed by atoms with Crippen molar-refractivity contribution in [3.8, 4) is 0 Å². The van der Waals surface area contributed by atoms with Crippen LogP contribution in [0.3, 0.4) is 0 Å². The van der Waals surface area contributed by atoms with Crippen molar-refractivity contribution in [2.45, 2.75) is 37.1 Å². The second kappa shape index (κ2) is 8.77. The van der Waals surface area contributed by atoms with Gasteiger partial charge in [0, 0.05) is 48.3 Å². The minimum Gasteiger partial charge on any atom is -0.343 e. The maximum atomic E-state index is 13.3. The molecule has 10 heteroatoms. The highest BCUT2D eigenvalue weighted by molar-refractivity contribution is 7.98. The predicted molar refractivity (Wildman–Crippen MR) is 132 cm³/mol. The highest BCUT2D eigenvalue weighted by Gasteiger charge is 2.45. The molecule has 2 atom stereocenters. The number of aromatic amines is 1. The Morgan fingerprint density at radius 2 is 1.83 bits per heavy atom. The fourth-order valence-electron chi connectivity index (χ4n) is 4.79. The molecular weight excluding hydrogens is 466 g/mol. The average molecular weight is 490 g/mol. The number of thioether (sulfide) groups is 1. The molecular formula is C25H23N5O4S. The Labute approximate surface area is 205 Å². The van der Waals surface area contributed by atoms with Crippen molar-refractivity contribution in [2.75, 3.05) is 5.32 Å². The summed E-state index contributed by atoms with van der Waals surface area (Å²) in [5, 5.41) is 14.6. The highest BCUT2D eigenvalue weighted by atomic mass is 32.2. The first-order valence-electron chi connectivity index (χ1n) is 11.1. The molecule has 9 nitrogen and oxygen atoms in total. The Hall–Kier alpha value is -3.79. The maximum absolute atomic E-state index is 13.3. The van der Waals surface area contributed by atoms with Crippen molar-refractivity contribution in [3.05, 3.63) is 97.7 Å². The molecule has 0 amide bonds. The van der Waals surface area contributed by atoms with Crippen LogP contribution < -0.4 is 10.9 Å². The van der Waals surface area contributed by atoms with Gasteiger partial charge in [0.25, 0.3) is 11.2 Å². The molecule has 178 valence electrons. The summed E-state index contributed by atoms with van der Waals surface area (Å²) < 4.78 is 0. The van der Waals surface area contributed by atoms with Crippen LogP contribution in [0.1, 0.15) is 42.9 Å². The fourth-order valence-corrected chi connectivity index (χ4v) is 5.60. The number of carbonyl (C=O) groups is 1. The normalized spacial score (nSPS) is 20.3. The fraction of sp³-hybridized carbons (Fsp3) is 0.280. The number of rotatable bonds is 5. The molecule has 1 aromatic carbocycles. The molecule has 0 bridgehead atoms. The van der Waals surface area contributed by atoms with Crippen LogP contribution in [0.5, 0.6) is 0 Å². The van der Waals surface area contributed by atoms with E-state index in [2.05, 4.69) is 21.4 Å². The summed E-state index contributed by atoms with van der Waals surface area (Å²) in [7, 11) is 0. The number of allylic oxidation sites excluding steroid dienone is 2. The van der Waals surface area contributed by atoms with Crippen molar-refractivity contribution in [1.82, 2.24) is 15.0 Å². The topological polar surface area (TPSA) is 131 Å². The summed E-state index contributed by atoms with van der Waals surface area (Å²) in [6, 6.07) is 9.94. The van der Waals surface area contributed by atoms with Gasteiger partial charge in [-0.15, -0.1) is 0 Å². The molecule has 35 heavy (non-hydrogen) atoms. The molecule has 0 radical (unpaired) electrons. The van der Waals surface area contributed by atoms with Gasteiger partial charge in [-0.25, -0.2) is 4.98 Å². The van der Waals surface area contributed by atoms with E-state index in [1.165, 1.54) is 23.9 Å². The minimum absolute atomic E-state index is 0.0261. The van der Waals surface area contributed by atoms with Crippen molar-refractivity contribution in [2.24, 2.45) is 11.3 Å². The Kier molecular flexibility index (Phi) is 5.76. The van der Waals surface area contributed by atoms with Gasteiger partial charge < -0.3 is 10.3 Å². The van der Waals surface area contributed by atoms with E-state index in [1.54, 1.807) is 24.5 Å². The molecule has 2 aliphatic rings. The molecule has 1 aliphatic heterocycles. The third kappa shape index (κ3) is 4.49. The lowest BCUT2D eigenvalue weighted by molar-refractivity contribution is -0.384. The van der Waals surface area contributed by atoms with Crippen LogP contribution >= 0.6 is 11.8 Å². The van der Waals surface area contributed by atoms with Crippen LogP contribution in [-0.2, 0) is 10.5 Å². The average Bonchev–Trinajstić information content (AvgIpc) is 2.81. The number of pyridine rings is 1. The molecule has 2 aromatic heterocycles. The standard InChI is InChI=1S/C25H23N5O4S/c1-25(2)11-17-20(18(31)12-25)19(15-7-9-26-10-8-15)21-22(27-17)28-24(29-23(21)32)35-13-14-3-5-16(6-4-14)30(33)34/h3-11,19-20H,12-13H2,1-2H3,(H2,27,28,29,32). The summed E-state index contributed by atoms with van der Waals surface area (Å²) in [6.07, 6.45) is 5.79. The second-order valence-corrected chi connectivity index (χ2v) is 10.4. The Balaban J connectivity index is 1.52. The van der Waals surface area contributed by atoms with Gasteiger partial charge in [-0.1, -0.05) is 43.8 Å². The quantitative estimate of drug-likeness (QED) is 0.233. The zero-order valence-electron chi connectivity index (χ0n) is 19.1. The first-order valence-corrected chi connectivity index (χ1v) is 12.1. The molecule has 0 saturated carbocycles. The summed E-state index contributed by atoms with van der Waals surface area (Å²) >= 11 is 1.33. The zero-order chi connectivity index (χ0) is 24.7. The molecule has 2 N–H and O–H groups in total. The molecule has 0 saturated heterocycles. The first kappa shape index (κ1) is 23.0. The SMILES string of the molecule is CC1(C)C=C2Nc3nc(SCc4ccc([N+](=O)[O-])cc4)[nH]c(=O)c3C(c3ccncc3)C2C(=O)C1. The smallest absolute Gasteiger partial charge is 0.269 e. The van der Waals surface area contributed by atoms with Gasteiger partial charge in [0.1, 0.15) is 11.6 Å². The van der Waals surface area contributed by atoms with Gasteiger partial charge in [-0.05, 0) is 28.7 Å². The number of hydrogen-bond acceptors (Lipinski definition) is 8. The van der Waals surface area contributed by atoms with E-state index >= 15 is 0 Å². The molecule has 0 spiro atoms.